The van der Waals surface area contributed by atoms with Crippen molar-refractivity contribution in [3.63, 3.8) is 0 Å². The van der Waals surface area contributed by atoms with Gasteiger partial charge >= 0.3 is 0 Å². The average molecular weight is 263 g/mol. The Bertz CT molecular complexity index is 493. The van der Waals surface area contributed by atoms with Crippen molar-refractivity contribution in [2.45, 2.75) is 31.3 Å². The van der Waals surface area contributed by atoms with E-state index in [4.69, 9.17) is 10.3 Å². The highest BCUT2D eigenvalue weighted by Gasteiger charge is 2.08. The number of hydrogen-bond donors (Lipinski definition) is 1. The number of rotatable bonds is 5. The molecule has 2 rings (SSSR count). The zero-order chi connectivity index (χ0) is 13.0. The number of nitrogens with zero attached hydrogens (tertiary/aromatic N) is 2. The smallest absolute Gasteiger partial charge is 0.231 e. The number of thioether (sulfide) groups is 1. The summed E-state index contributed by atoms with van der Waals surface area (Å²) in [7, 11) is 0. The molecular weight excluding hydrogens is 246 g/mol. The van der Waals surface area contributed by atoms with Crippen LogP contribution in [-0.2, 0) is 12.2 Å². The molecule has 0 bridgehead atoms. The minimum absolute atomic E-state index is 0.573. The highest BCUT2D eigenvalue weighted by atomic mass is 32.2. The first-order chi connectivity index (χ1) is 8.63. The van der Waals surface area contributed by atoms with Gasteiger partial charge in [-0.2, -0.15) is 16.7 Å². The summed E-state index contributed by atoms with van der Waals surface area (Å²) in [4.78, 5) is 4.37. The molecule has 96 valence electrons. The molecule has 0 aliphatic rings. The molecule has 18 heavy (non-hydrogen) atoms. The molecular formula is C13H17N3OS. The molecule has 2 aromatic rings. The van der Waals surface area contributed by atoms with Gasteiger partial charge in [-0.05, 0) is 22.9 Å². The van der Waals surface area contributed by atoms with Crippen LogP contribution in [0.3, 0.4) is 0 Å². The maximum absolute atomic E-state index is 5.64. The minimum atomic E-state index is 0.573. The molecule has 1 aromatic heterocycles. The molecule has 0 aliphatic carbocycles. The SMILES string of the molecule is CC(C)SCc1noc(Cc2ccc(N)cc2)n1. The summed E-state index contributed by atoms with van der Waals surface area (Å²) in [5.41, 5.74) is 7.52. The lowest BCUT2D eigenvalue weighted by molar-refractivity contribution is 0.381. The van der Waals surface area contributed by atoms with Gasteiger partial charge in [0.2, 0.25) is 5.89 Å². The van der Waals surface area contributed by atoms with E-state index in [1.807, 2.05) is 24.3 Å². The molecule has 0 saturated carbocycles. The summed E-state index contributed by atoms with van der Waals surface area (Å²) in [6, 6.07) is 7.70. The Morgan fingerprint density at radius 2 is 2.00 bits per heavy atom. The minimum Gasteiger partial charge on any atom is -0.399 e. The maximum atomic E-state index is 5.64. The van der Waals surface area contributed by atoms with Crippen LogP contribution in [0.1, 0.15) is 31.1 Å². The Morgan fingerprint density at radius 3 is 2.67 bits per heavy atom. The first-order valence-corrected chi connectivity index (χ1v) is 6.96. The number of aromatic nitrogens is 2. The second-order valence-corrected chi connectivity index (χ2v) is 5.95. The normalized spacial score (nSPS) is 11.1. The molecule has 0 fully saturated rings. The van der Waals surface area contributed by atoms with Gasteiger partial charge < -0.3 is 10.3 Å². The Morgan fingerprint density at radius 1 is 1.28 bits per heavy atom. The third-order valence-corrected chi connectivity index (χ3v) is 3.48. The second kappa shape index (κ2) is 5.91. The Balaban J connectivity index is 1.95. The maximum Gasteiger partial charge on any atom is 0.231 e. The number of hydrogen-bond acceptors (Lipinski definition) is 5. The lowest BCUT2D eigenvalue weighted by Crippen LogP contribution is -1.92. The van der Waals surface area contributed by atoms with Crippen LogP contribution in [-0.4, -0.2) is 15.4 Å². The zero-order valence-corrected chi connectivity index (χ0v) is 11.4. The van der Waals surface area contributed by atoms with Gasteiger partial charge in [-0.3, -0.25) is 0 Å². The molecule has 0 unspecified atom stereocenters. The van der Waals surface area contributed by atoms with Gasteiger partial charge in [0, 0.05) is 5.69 Å². The van der Waals surface area contributed by atoms with Crippen molar-refractivity contribution in [2.24, 2.45) is 0 Å². The van der Waals surface area contributed by atoms with E-state index in [-0.39, 0.29) is 0 Å². The molecule has 0 spiro atoms. The topological polar surface area (TPSA) is 64.9 Å². The molecule has 0 radical (unpaired) electrons. The van der Waals surface area contributed by atoms with Crippen LogP contribution in [0.2, 0.25) is 0 Å². The summed E-state index contributed by atoms with van der Waals surface area (Å²) >= 11 is 1.80. The van der Waals surface area contributed by atoms with E-state index in [0.29, 0.717) is 17.6 Å². The van der Waals surface area contributed by atoms with Crippen LogP contribution >= 0.6 is 11.8 Å². The summed E-state index contributed by atoms with van der Waals surface area (Å²) < 4.78 is 5.23. The van der Waals surface area contributed by atoms with Crippen molar-refractivity contribution in [2.75, 3.05) is 5.73 Å². The van der Waals surface area contributed by atoms with E-state index < -0.39 is 0 Å². The van der Waals surface area contributed by atoms with E-state index in [1.54, 1.807) is 11.8 Å². The average Bonchev–Trinajstić information content (AvgIpc) is 2.77. The van der Waals surface area contributed by atoms with Gasteiger partial charge in [0.1, 0.15) is 0 Å². The fraction of sp³-hybridized carbons (Fsp3) is 0.385. The monoisotopic (exact) mass is 263 g/mol. The Hall–Kier alpha value is -1.49. The van der Waals surface area contributed by atoms with Crippen molar-refractivity contribution in [3.8, 4) is 0 Å². The first-order valence-electron chi connectivity index (χ1n) is 5.91. The van der Waals surface area contributed by atoms with Gasteiger partial charge in [0.15, 0.2) is 5.82 Å². The van der Waals surface area contributed by atoms with Crippen molar-refractivity contribution >= 4 is 17.4 Å². The highest BCUT2D eigenvalue weighted by molar-refractivity contribution is 7.99. The van der Waals surface area contributed by atoms with Crippen molar-refractivity contribution in [1.82, 2.24) is 10.1 Å². The standard InChI is InChI=1S/C13H17N3OS/c1-9(2)18-8-12-15-13(17-16-12)7-10-3-5-11(14)6-4-10/h3-6,9H,7-8,14H2,1-2H3. The molecule has 1 heterocycles. The largest absolute Gasteiger partial charge is 0.399 e. The summed E-state index contributed by atoms with van der Waals surface area (Å²) in [5, 5.41) is 4.54. The van der Waals surface area contributed by atoms with Gasteiger partial charge in [-0.25, -0.2) is 0 Å². The molecule has 4 nitrogen and oxygen atoms in total. The lowest BCUT2D eigenvalue weighted by Gasteiger charge is -1.99. The molecule has 5 heteroatoms. The van der Waals surface area contributed by atoms with E-state index in [0.717, 1.165) is 22.8 Å². The molecule has 0 saturated heterocycles. The summed E-state index contributed by atoms with van der Waals surface area (Å²) in [5.74, 6) is 2.21. The zero-order valence-electron chi connectivity index (χ0n) is 10.6. The molecule has 0 atom stereocenters. The second-order valence-electron chi connectivity index (χ2n) is 4.38. The van der Waals surface area contributed by atoms with Gasteiger partial charge in [-0.15, -0.1) is 0 Å². The van der Waals surface area contributed by atoms with Crippen LogP contribution in [0.25, 0.3) is 0 Å². The van der Waals surface area contributed by atoms with E-state index in [1.165, 1.54) is 0 Å². The van der Waals surface area contributed by atoms with Gasteiger partial charge in [-0.1, -0.05) is 31.1 Å². The van der Waals surface area contributed by atoms with Crippen LogP contribution < -0.4 is 5.73 Å². The van der Waals surface area contributed by atoms with Crippen molar-refractivity contribution < 1.29 is 4.52 Å². The van der Waals surface area contributed by atoms with Crippen molar-refractivity contribution in [3.05, 3.63) is 41.5 Å². The molecule has 2 N–H and O–H groups in total. The van der Waals surface area contributed by atoms with E-state index >= 15 is 0 Å². The lowest BCUT2D eigenvalue weighted by atomic mass is 10.1. The first kappa shape index (κ1) is 13.0. The number of benzene rings is 1. The van der Waals surface area contributed by atoms with Crippen LogP contribution in [0.15, 0.2) is 28.8 Å². The summed E-state index contributed by atoms with van der Waals surface area (Å²) in [6.07, 6.45) is 0.652. The molecule has 0 amide bonds. The van der Waals surface area contributed by atoms with Crippen molar-refractivity contribution in [1.29, 1.82) is 0 Å². The Kier molecular flexibility index (Phi) is 4.25. The number of nitrogen functional groups attached to an aromatic ring is 1. The predicted molar refractivity (Wildman–Crippen MR) is 74.4 cm³/mol. The third-order valence-electron chi connectivity index (χ3n) is 2.39. The Labute approximate surface area is 111 Å². The van der Waals surface area contributed by atoms with Crippen LogP contribution in [0.4, 0.5) is 5.69 Å². The third kappa shape index (κ3) is 3.77. The summed E-state index contributed by atoms with van der Waals surface area (Å²) in [6.45, 7) is 4.31. The molecule has 0 aliphatic heterocycles. The van der Waals surface area contributed by atoms with E-state index in [9.17, 15) is 0 Å². The number of nitrogens with two attached hydrogens (primary N) is 1. The number of anilines is 1. The fourth-order valence-corrected chi connectivity index (χ4v) is 2.07. The highest BCUT2D eigenvalue weighted by Crippen LogP contribution is 2.16. The van der Waals surface area contributed by atoms with Gasteiger partial charge in [0.05, 0.1) is 12.2 Å². The van der Waals surface area contributed by atoms with E-state index in [2.05, 4.69) is 24.0 Å². The van der Waals surface area contributed by atoms with Gasteiger partial charge in [0.25, 0.3) is 0 Å². The fourth-order valence-electron chi connectivity index (χ4n) is 1.47. The quantitative estimate of drug-likeness (QED) is 0.840. The van der Waals surface area contributed by atoms with Crippen LogP contribution in [0, 0.1) is 0 Å². The predicted octanol–water partition coefficient (Wildman–Crippen LogP) is 2.88. The molecule has 1 aromatic carbocycles. The van der Waals surface area contributed by atoms with Crippen LogP contribution in [0.5, 0.6) is 0 Å².